The van der Waals surface area contributed by atoms with Gasteiger partial charge in [0.05, 0.1) is 12.2 Å². The molecular weight excluding hydrogens is 304 g/mol. The van der Waals surface area contributed by atoms with E-state index in [1.165, 1.54) is 4.88 Å². The van der Waals surface area contributed by atoms with Crippen molar-refractivity contribution >= 4 is 34.7 Å². The average Bonchev–Trinajstić information content (AvgIpc) is 3.01. The number of rotatable bonds is 8. The molecule has 0 saturated heterocycles. The van der Waals surface area contributed by atoms with Gasteiger partial charge in [-0.25, -0.2) is 4.98 Å². The third-order valence-electron chi connectivity index (χ3n) is 3.05. The molecule has 2 aromatic heterocycles. The van der Waals surface area contributed by atoms with Crippen LogP contribution in [0.15, 0.2) is 23.7 Å². The number of nitrogens with one attached hydrogen (secondary N) is 2. The summed E-state index contributed by atoms with van der Waals surface area (Å²) in [6.45, 7) is 5.14. The summed E-state index contributed by atoms with van der Waals surface area (Å²) in [7, 11) is 0. The molecule has 4 nitrogen and oxygen atoms in total. The molecule has 0 aliphatic heterocycles. The second kappa shape index (κ2) is 8.20. The monoisotopic (exact) mass is 324 g/mol. The van der Waals surface area contributed by atoms with Gasteiger partial charge in [-0.3, -0.25) is 0 Å². The lowest BCUT2D eigenvalue weighted by Crippen LogP contribution is -2.12. The largest absolute Gasteiger partial charge is 0.361 e. The van der Waals surface area contributed by atoms with E-state index >= 15 is 0 Å². The van der Waals surface area contributed by atoms with Crippen molar-refractivity contribution in [2.24, 2.45) is 0 Å². The Morgan fingerprint density at radius 1 is 1.33 bits per heavy atom. The van der Waals surface area contributed by atoms with Gasteiger partial charge in [0.15, 0.2) is 5.82 Å². The van der Waals surface area contributed by atoms with Crippen LogP contribution in [0.25, 0.3) is 0 Å². The van der Waals surface area contributed by atoms with Crippen LogP contribution in [-0.4, -0.2) is 16.5 Å². The molecule has 2 heterocycles. The number of halogens is 1. The number of aromatic nitrogens is 2. The topological polar surface area (TPSA) is 49.8 Å². The Labute approximate surface area is 135 Å². The summed E-state index contributed by atoms with van der Waals surface area (Å²) >= 11 is 7.97. The summed E-state index contributed by atoms with van der Waals surface area (Å²) in [6.07, 6.45) is 4.81. The number of anilines is 2. The molecule has 0 bridgehead atoms. The fraction of sp³-hybridized carbons (Fsp3) is 0.467. The first-order chi connectivity index (χ1) is 10.2. The molecule has 21 heavy (non-hydrogen) atoms. The van der Waals surface area contributed by atoms with Crippen LogP contribution in [0.1, 0.15) is 44.0 Å². The Morgan fingerprint density at radius 3 is 2.86 bits per heavy atom. The van der Waals surface area contributed by atoms with Crippen molar-refractivity contribution in [1.82, 2.24) is 9.97 Å². The highest BCUT2D eigenvalue weighted by molar-refractivity contribution is 7.10. The fourth-order valence-corrected chi connectivity index (χ4v) is 2.98. The van der Waals surface area contributed by atoms with E-state index in [-0.39, 0.29) is 6.04 Å². The molecule has 0 aliphatic rings. The van der Waals surface area contributed by atoms with Gasteiger partial charge in [0.1, 0.15) is 5.02 Å². The van der Waals surface area contributed by atoms with Crippen molar-refractivity contribution in [2.75, 3.05) is 17.2 Å². The van der Waals surface area contributed by atoms with Gasteiger partial charge in [0.2, 0.25) is 5.95 Å². The highest BCUT2D eigenvalue weighted by Crippen LogP contribution is 2.29. The molecule has 0 aliphatic carbocycles. The van der Waals surface area contributed by atoms with E-state index in [2.05, 4.69) is 52.0 Å². The van der Waals surface area contributed by atoms with Crippen molar-refractivity contribution in [3.8, 4) is 0 Å². The number of thiophene rings is 1. The molecule has 6 heteroatoms. The van der Waals surface area contributed by atoms with E-state index in [1.54, 1.807) is 17.5 Å². The first-order valence-electron chi connectivity index (χ1n) is 7.31. The molecule has 0 aromatic carbocycles. The zero-order valence-electron chi connectivity index (χ0n) is 12.4. The second-order valence-electron chi connectivity index (χ2n) is 4.82. The molecule has 0 radical (unpaired) electrons. The smallest absolute Gasteiger partial charge is 0.224 e. The zero-order valence-corrected chi connectivity index (χ0v) is 14.0. The van der Waals surface area contributed by atoms with Crippen LogP contribution in [-0.2, 0) is 0 Å². The minimum absolute atomic E-state index is 0.237. The molecule has 0 fully saturated rings. The quantitative estimate of drug-likeness (QED) is 0.720. The SMILES string of the molecule is CCCNc1ncc(Cl)c(NC(CCC)c2cccs2)n1. The van der Waals surface area contributed by atoms with E-state index in [4.69, 9.17) is 11.6 Å². The van der Waals surface area contributed by atoms with Crippen molar-refractivity contribution in [3.63, 3.8) is 0 Å². The van der Waals surface area contributed by atoms with E-state index in [9.17, 15) is 0 Å². The minimum Gasteiger partial charge on any atom is -0.361 e. The first-order valence-corrected chi connectivity index (χ1v) is 8.56. The molecule has 114 valence electrons. The van der Waals surface area contributed by atoms with Crippen LogP contribution in [0.3, 0.4) is 0 Å². The van der Waals surface area contributed by atoms with Crippen LogP contribution >= 0.6 is 22.9 Å². The van der Waals surface area contributed by atoms with Crippen molar-refractivity contribution in [1.29, 1.82) is 0 Å². The predicted molar refractivity (Wildman–Crippen MR) is 91.4 cm³/mol. The lowest BCUT2D eigenvalue weighted by molar-refractivity contribution is 0.684. The maximum absolute atomic E-state index is 6.22. The van der Waals surface area contributed by atoms with E-state index < -0.39 is 0 Å². The molecule has 2 rings (SSSR count). The third-order valence-corrected chi connectivity index (χ3v) is 4.31. The van der Waals surface area contributed by atoms with Gasteiger partial charge in [-0.05, 0) is 24.3 Å². The summed E-state index contributed by atoms with van der Waals surface area (Å²) in [5, 5.41) is 9.28. The van der Waals surface area contributed by atoms with Gasteiger partial charge in [-0.1, -0.05) is 37.9 Å². The van der Waals surface area contributed by atoms with Crippen LogP contribution in [0.5, 0.6) is 0 Å². The molecule has 2 N–H and O–H groups in total. The Kier molecular flexibility index (Phi) is 6.26. The Balaban J connectivity index is 2.15. The molecule has 0 saturated carbocycles. The number of nitrogens with zero attached hydrogens (tertiary/aromatic N) is 2. The van der Waals surface area contributed by atoms with Gasteiger partial charge < -0.3 is 10.6 Å². The van der Waals surface area contributed by atoms with Crippen LogP contribution in [0.2, 0.25) is 5.02 Å². The molecular formula is C15H21ClN4S. The van der Waals surface area contributed by atoms with Gasteiger partial charge in [0, 0.05) is 11.4 Å². The Bertz CT molecular complexity index is 545. The maximum Gasteiger partial charge on any atom is 0.224 e. The average molecular weight is 325 g/mol. The van der Waals surface area contributed by atoms with Gasteiger partial charge in [-0.2, -0.15) is 4.98 Å². The Morgan fingerprint density at radius 2 is 2.19 bits per heavy atom. The summed E-state index contributed by atoms with van der Waals surface area (Å²) < 4.78 is 0. The first kappa shape index (κ1) is 16.0. The molecule has 0 spiro atoms. The third kappa shape index (κ3) is 4.58. The Hall–Kier alpha value is -1.33. The van der Waals surface area contributed by atoms with Gasteiger partial charge >= 0.3 is 0 Å². The van der Waals surface area contributed by atoms with E-state index in [0.29, 0.717) is 16.8 Å². The highest BCUT2D eigenvalue weighted by atomic mass is 35.5. The normalized spacial score (nSPS) is 12.1. The standard InChI is InChI=1S/C15H21ClN4S/c1-3-6-12(13-7-5-9-21-13)19-14-11(16)10-18-15(20-14)17-8-4-2/h5,7,9-10,12H,3-4,6,8H2,1-2H3,(H2,17,18,19,20). The van der Waals surface area contributed by atoms with E-state index in [0.717, 1.165) is 25.8 Å². The summed E-state index contributed by atoms with van der Waals surface area (Å²) in [5.74, 6) is 1.31. The van der Waals surface area contributed by atoms with Crippen molar-refractivity contribution < 1.29 is 0 Å². The fourth-order valence-electron chi connectivity index (χ4n) is 2.02. The number of hydrogen-bond acceptors (Lipinski definition) is 5. The minimum atomic E-state index is 0.237. The van der Waals surface area contributed by atoms with Gasteiger partial charge in [0.25, 0.3) is 0 Å². The van der Waals surface area contributed by atoms with Crippen LogP contribution in [0.4, 0.5) is 11.8 Å². The van der Waals surface area contributed by atoms with Crippen LogP contribution < -0.4 is 10.6 Å². The van der Waals surface area contributed by atoms with E-state index in [1.807, 2.05) is 0 Å². The molecule has 1 unspecified atom stereocenters. The van der Waals surface area contributed by atoms with Crippen molar-refractivity contribution in [2.45, 2.75) is 39.2 Å². The van der Waals surface area contributed by atoms with Crippen LogP contribution in [0, 0.1) is 0 Å². The summed E-state index contributed by atoms with van der Waals surface area (Å²) in [5.41, 5.74) is 0. The second-order valence-corrected chi connectivity index (χ2v) is 6.20. The zero-order chi connectivity index (χ0) is 15.1. The van der Waals surface area contributed by atoms with Crippen molar-refractivity contribution in [3.05, 3.63) is 33.6 Å². The molecule has 0 amide bonds. The molecule has 1 atom stereocenters. The van der Waals surface area contributed by atoms with Gasteiger partial charge in [-0.15, -0.1) is 11.3 Å². The lowest BCUT2D eigenvalue weighted by atomic mass is 10.1. The molecule has 2 aromatic rings. The summed E-state index contributed by atoms with van der Waals surface area (Å²) in [6, 6.07) is 4.45. The summed E-state index contributed by atoms with van der Waals surface area (Å²) in [4.78, 5) is 9.98. The predicted octanol–water partition coefficient (Wildman–Crippen LogP) is 4.97. The number of hydrogen-bond donors (Lipinski definition) is 2. The maximum atomic E-state index is 6.22. The lowest BCUT2D eigenvalue weighted by Gasteiger charge is -2.18. The highest BCUT2D eigenvalue weighted by Gasteiger charge is 2.14.